The van der Waals surface area contributed by atoms with Gasteiger partial charge < -0.3 is 15.3 Å². The average molecular weight is 527 g/mol. The van der Waals surface area contributed by atoms with Crippen molar-refractivity contribution in [2.24, 2.45) is 29.1 Å². The summed E-state index contributed by atoms with van der Waals surface area (Å²) in [7, 11) is 0. The van der Waals surface area contributed by atoms with Crippen LogP contribution in [0, 0.1) is 29.1 Å². The molecule has 1 aromatic rings. The van der Waals surface area contributed by atoms with E-state index in [1.807, 2.05) is 0 Å². The predicted molar refractivity (Wildman–Crippen MR) is 156 cm³/mol. The van der Waals surface area contributed by atoms with Crippen molar-refractivity contribution in [2.75, 3.05) is 6.61 Å². The zero-order chi connectivity index (χ0) is 26.8. The molecule has 3 N–H and O–H groups in total. The van der Waals surface area contributed by atoms with E-state index in [-0.39, 0.29) is 12.0 Å². The minimum Gasteiger partial charge on any atom is -0.395 e. The van der Waals surface area contributed by atoms with Crippen LogP contribution in [0.4, 0.5) is 0 Å². The van der Waals surface area contributed by atoms with Crippen LogP contribution < -0.4 is 0 Å². The lowest BCUT2D eigenvalue weighted by molar-refractivity contribution is 0.0860. The van der Waals surface area contributed by atoms with Crippen LogP contribution in [0.3, 0.4) is 0 Å². The number of allylic oxidation sites excluding steroid dienone is 3. The number of thiophene rings is 1. The van der Waals surface area contributed by atoms with Crippen LogP contribution in [-0.2, 0) is 5.41 Å². The summed E-state index contributed by atoms with van der Waals surface area (Å²) in [6.45, 7) is 13.9. The highest BCUT2D eigenvalue weighted by molar-refractivity contribution is 7.10. The topological polar surface area (TPSA) is 60.7 Å². The summed E-state index contributed by atoms with van der Waals surface area (Å²) < 4.78 is 0. The van der Waals surface area contributed by atoms with Gasteiger partial charge in [0.05, 0.1) is 18.8 Å². The SMILES string of the molecule is C=C1/C(=C/C=C2/CCC[C@@]3(C)C2CC[C@@H]3C(C)CCC[C@](CO)(c2cccs2)C(C)C)C[C@@H](O)C[C@@H]1O. The third-order valence-electron chi connectivity index (χ3n) is 10.7. The zero-order valence-corrected chi connectivity index (χ0v) is 24.4. The zero-order valence-electron chi connectivity index (χ0n) is 23.6. The molecule has 4 rings (SSSR count). The van der Waals surface area contributed by atoms with Crippen molar-refractivity contribution < 1.29 is 15.3 Å². The lowest BCUT2D eigenvalue weighted by Gasteiger charge is -2.44. The molecule has 0 amide bonds. The fourth-order valence-electron chi connectivity index (χ4n) is 8.22. The Kier molecular flexibility index (Phi) is 9.26. The second-order valence-corrected chi connectivity index (χ2v) is 13.9. The summed E-state index contributed by atoms with van der Waals surface area (Å²) in [5, 5.41) is 33.0. The third-order valence-corrected chi connectivity index (χ3v) is 11.8. The quantitative estimate of drug-likeness (QED) is 0.311. The van der Waals surface area contributed by atoms with Crippen LogP contribution >= 0.6 is 11.3 Å². The highest BCUT2D eigenvalue weighted by atomic mass is 32.1. The molecular formula is C33H50O3S. The Bertz CT molecular complexity index is 976. The summed E-state index contributed by atoms with van der Waals surface area (Å²) in [5.41, 5.74) is 3.59. The van der Waals surface area contributed by atoms with E-state index in [1.54, 1.807) is 16.9 Å². The fourth-order valence-corrected chi connectivity index (χ4v) is 9.32. The number of fused-ring (bicyclic) bond motifs is 1. The van der Waals surface area contributed by atoms with E-state index in [4.69, 9.17) is 0 Å². The maximum Gasteiger partial charge on any atom is 0.0811 e. The molecule has 1 heterocycles. The Morgan fingerprint density at radius 1 is 1.22 bits per heavy atom. The molecular weight excluding hydrogens is 476 g/mol. The van der Waals surface area contributed by atoms with Gasteiger partial charge in [-0.25, -0.2) is 0 Å². The third kappa shape index (κ3) is 5.73. The first kappa shape index (κ1) is 28.8. The molecule has 206 valence electrons. The van der Waals surface area contributed by atoms with Crippen LogP contribution in [0.5, 0.6) is 0 Å². The van der Waals surface area contributed by atoms with Gasteiger partial charge >= 0.3 is 0 Å². The fraction of sp³-hybridized carbons (Fsp3) is 0.697. The van der Waals surface area contributed by atoms with Gasteiger partial charge in [-0.05, 0) is 96.6 Å². The van der Waals surface area contributed by atoms with Gasteiger partial charge in [0, 0.05) is 16.7 Å². The molecule has 0 aromatic carbocycles. The number of hydrogen-bond acceptors (Lipinski definition) is 4. The molecule has 37 heavy (non-hydrogen) atoms. The molecule has 4 heteroatoms. The summed E-state index contributed by atoms with van der Waals surface area (Å²) in [4.78, 5) is 1.34. The first-order valence-electron chi connectivity index (χ1n) is 14.7. The number of rotatable bonds is 9. The molecule has 0 saturated heterocycles. The van der Waals surface area contributed by atoms with E-state index in [9.17, 15) is 15.3 Å². The molecule has 0 bridgehead atoms. The molecule has 0 spiro atoms. The molecule has 3 nitrogen and oxygen atoms in total. The minimum absolute atomic E-state index is 0.117. The van der Waals surface area contributed by atoms with E-state index in [0.29, 0.717) is 36.0 Å². The molecule has 2 unspecified atom stereocenters. The highest BCUT2D eigenvalue weighted by Gasteiger charge is 2.50. The van der Waals surface area contributed by atoms with Crippen molar-refractivity contribution in [3.63, 3.8) is 0 Å². The van der Waals surface area contributed by atoms with Crippen molar-refractivity contribution in [2.45, 2.75) is 110 Å². The molecule has 3 saturated carbocycles. The standard InChI is InChI=1S/C33H50O3S/c1-22(2)33(21-34,31-11-8-18-37-31)17-6-9-23(3)28-14-15-29-25(10-7-16-32(28,29)5)12-13-26-19-27(35)20-30(36)24(26)4/h8,11-13,18,22-23,27-30,34-36H,4,6-7,9-10,14-17,19-21H2,1-3,5H3/b25-12-,26-13+/t23?,27-,28-,29?,30+,32-,33-/m1/s1. The first-order valence-corrected chi connectivity index (χ1v) is 15.6. The molecule has 1 aromatic heterocycles. The average Bonchev–Trinajstić information content (AvgIpc) is 3.51. The van der Waals surface area contributed by atoms with Crippen LogP contribution in [0.15, 0.2) is 53.0 Å². The largest absolute Gasteiger partial charge is 0.395 e. The lowest BCUT2D eigenvalue weighted by Crippen LogP contribution is -2.37. The van der Waals surface area contributed by atoms with E-state index < -0.39 is 12.2 Å². The smallest absolute Gasteiger partial charge is 0.0811 e. The maximum atomic E-state index is 10.5. The Balaban J connectivity index is 1.43. The lowest BCUT2D eigenvalue weighted by atomic mass is 9.60. The van der Waals surface area contributed by atoms with Gasteiger partial charge in [-0.3, -0.25) is 0 Å². The molecule has 3 aliphatic rings. The van der Waals surface area contributed by atoms with E-state index in [1.165, 1.54) is 37.0 Å². The maximum absolute atomic E-state index is 10.5. The Labute approximate surface area is 229 Å². The summed E-state index contributed by atoms with van der Waals surface area (Å²) >= 11 is 1.79. The Morgan fingerprint density at radius 3 is 2.68 bits per heavy atom. The van der Waals surface area contributed by atoms with Crippen molar-refractivity contribution in [3.05, 3.63) is 57.8 Å². The second kappa shape index (κ2) is 11.9. The number of aliphatic hydroxyl groups is 3. The normalized spacial score (nSPS) is 35.2. The van der Waals surface area contributed by atoms with Gasteiger partial charge in [0.15, 0.2) is 0 Å². The first-order chi connectivity index (χ1) is 17.6. The van der Waals surface area contributed by atoms with Gasteiger partial charge in [0.1, 0.15) is 0 Å². The summed E-state index contributed by atoms with van der Waals surface area (Å²) in [6, 6.07) is 4.33. The second-order valence-electron chi connectivity index (χ2n) is 13.0. The van der Waals surface area contributed by atoms with Crippen molar-refractivity contribution in [1.82, 2.24) is 0 Å². The van der Waals surface area contributed by atoms with E-state index in [2.05, 4.69) is 63.9 Å². The number of hydrogen-bond donors (Lipinski definition) is 3. The minimum atomic E-state index is -0.623. The van der Waals surface area contributed by atoms with Crippen molar-refractivity contribution in [1.29, 1.82) is 0 Å². The van der Waals surface area contributed by atoms with Crippen LogP contribution in [0.25, 0.3) is 0 Å². The molecule has 3 fully saturated rings. The van der Waals surface area contributed by atoms with Crippen molar-refractivity contribution in [3.8, 4) is 0 Å². The van der Waals surface area contributed by atoms with Gasteiger partial charge in [-0.1, -0.05) is 70.9 Å². The molecule has 0 radical (unpaired) electrons. The van der Waals surface area contributed by atoms with Crippen LogP contribution in [-0.4, -0.2) is 34.1 Å². The van der Waals surface area contributed by atoms with Crippen molar-refractivity contribution >= 4 is 11.3 Å². The van der Waals surface area contributed by atoms with Crippen LogP contribution in [0.2, 0.25) is 0 Å². The Morgan fingerprint density at radius 2 is 2.00 bits per heavy atom. The summed E-state index contributed by atoms with van der Waals surface area (Å²) in [6.07, 6.45) is 14.1. The highest BCUT2D eigenvalue weighted by Crippen LogP contribution is 2.60. The summed E-state index contributed by atoms with van der Waals surface area (Å²) in [5.74, 6) is 2.48. The Hall–Kier alpha value is -1.20. The van der Waals surface area contributed by atoms with Gasteiger partial charge in [-0.15, -0.1) is 11.3 Å². The molecule has 0 aliphatic heterocycles. The molecule has 7 atom stereocenters. The van der Waals surface area contributed by atoms with Gasteiger partial charge in [0.25, 0.3) is 0 Å². The van der Waals surface area contributed by atoms with Crippen LogP contribution in [0.1, 0.15) is 96.8 Å². The number of aliphatic hydroxyl groups excluding tert-OH is 3. The van der Waals surface area contributed by atoms with E-state index >= 15 is 0 Å². The van der Waals surface area contributed by atoms with Gasteiger partial charge in [0.2, 0.25) is 0 Å². The monoisotopic (exact) mass is 526 g/mol. The van der Waals surface area contributed by atoms with Gasteiger partial charge in [-0.2, -0.15) is 0 Å². The predicted octanol–water partition coefficient (Wildman–Crippen LogP) is 7.58. The molecule has 3 aliphatic carbocycles. The van der Waals surface area contributed by atoms with E-state index in [0.717, 1.165) is 36.3 Å².